The highest BCUT2D eigenvalue weighted by Crippen LogP contribution is 2.31. The van der Waals surface area contributed by atoms with E-state index in [-0.39, 0.29) is 6.04 Å². The summed E-state index contributed by atoms with van der Waals surface area (Å²) in [7, 11) is 2.14. The van der Waals surface area contributed by atoms with Crippen LogP contribution in [0.4, 0.5) is 11.4 Å². The molecule has 4 rings (SSSR count). The molecule has 0 bridgehead atoms. The smallest absolute Gasteiger partial charge is 0.313 e. The van der Waals surface area contributed by atoms with Gasteiger partial charge in [-0.15, -0.1) is 0 Å². The normalized spacial score (nSPS) is 16.9. The van der Waals surface area contributed by atoms with E-state index in [2.05, 4.69) is 45.7 Å². The summed E-state index contributed by atoms with van der Waals surface area (Å²) in [6, 6.07) is 13.8. The Balaban J connectivity index is 1.42. The van der Waals surface area contributed by atoms with Gasteiger partial charge in [0.05, 0.1) is 12.6 Å². The third-order valence-corrected chi connectivity index (χ3v) is 6.76. The number of aryl methyl sites for hydroxylation is 1. The first kappa shape index (κ1) is 24.1. The molecule has 0 spiro atoms. The Morgan fingerprint density at radius 3 is 2.47 bits per heavy atom. The van der Waals surface area contributed by atoms with Crippen LogP contribution in [0.3, 0.4) is 0 Å². The average molecular weight is 465 g/mol. The van der Waals surface area contributed by atoms with Crippen LogP contribution in [0.5, 0.6) is 5.75 Å². The molecule has 2 aromatic rings. The fourth-order valence-electron chi connectivity index (χ4n) is 4.96. The van der Waals surface area contributed by atoms with Gasteiger partial charge in [-0.2, -0.15) is 0 Å². The molecule has 34 heavy (non-hydrogen) atoms. The molecule has 7 nitrogen and oxygen atoms in total. The van der Waals surface area contributed by atoms with Crippen molar-refractivity contribution in [1.82, 2.24) is 10.2 Å². The van der Waals surface area contributed by atoms with E-state index in [0.29, 0.717) is 18.8 Å². The summed E-state index contributed by atoms with van der Waals surface area (Å²) in [4.78, 5) is 29.9. The van der Waals surface area contributed by atoms with Crippen molar-refractivity contribution in [3.63, 3.8) is 0 Å². The molecule has 2 heterocycles. The molecule has 182 valence electrons. The molecule has 2 N–H and O–H groups in total. The van der Waals surface area contributed by atoms with Gasteiger partial charge in [0.15, 0.2) is 0 Å². The number of hydrogen-bond acceptors (Lipinski definition) is 5. The zero-order valence-electron chi connectivity index (χ0n) is 20.3. The van der Waals surface area contributed by atoms with Crippen molar-refractivity contribution in [1.29, 1.82) is 0 Å². The van der Waals surface area contributed by atoms with Gasteiger partial charge in [0, 0.05) is 31.5 Å². The number of anilines is 2. The predicted molar refractivity (Wildman–Crippen MR) is 135 cm³/mol. The van der Waals surface area contributed by atoms with Crippen LogP contribution in [0.25, 0.3) is 0 Å². The Morgan fingerprint density at radius 2 is 1.74 bits per heavy atom. The van der Waals surface area contributed by atoms with Crippen LogP contribution in [0.1, 0.15) is 49.8 Å². The molecule has 2 amide bonds. The minimum atomic E-state index is -0.659. The van der Waals surface area contributed by atoms with Gasteiger partial charge in [0.2, 0.25) is 0 Å². The summed E-state index contributed by atoms with van der Waals surface area (Å²) in [6.07, 6.45) is 5.81. The molecular weight excluding hydrogens is 428 g/mol. The molecule has 0 saturated carbocycles. The van der Waals surface area contributed by atoms with Crippen LogP contribution in [-0.4, -0.2) is 56.5 Å². The fourth-order valence-corrected chi connectivity index (χ4v) is 4.96. The molecule has 2 aliphatic rings. The van der Waals surface area contributed by atoms with E-state index in [1.54, 1.807) is 24.3 Å². The van der Waals surface area contributed by atoms with Gasteiger partial charge < -0.3 is 20.3 Å². The highest BCUT2D eigenvalue weighted by atomic mass is 16.5. The van der Waals surface area contributed by atoms with Crippen LogP contribution >= 0.6 is 0 Å². The molecule has 2 aliphatic heterocycles. The number of nitrogens with one attached hydrogen (secondary N) is 2. The molecule has 1 fully saturated rings. The third-order valence-electron chi connectivity index (χ3n) is 6.76. The Bertz CT molecular complexity index is 986. The Labute approximate surface area is 202 Å². The molecule has 0 radical (unpaired) electrons. The highest BCUT2D eigenvalue weighted by molar-refractivity contribution is 6.39. The summed E-state index contributed by atoms with van der Waals surface area (Å²) < 4.78 is 5.42. The number of rotatable bonds is 7. The first-order valence-electron chi connectivity index (χ1n) is 12.4. The summed E-state index contributed by atoms with van der Waals surface area (Å²) in [6.45, 7) is 6.00. The minimum Gasteiger partial charge on any atom is -0.494 e. The molecule has 1 unspecified atom stereocenters. The topological polar surface area (TPSA) is 73.9 Å². The van der Waals surface area contributed by atoms with E-state index in [9.17, 15) is 9.59 Å². The summed E-state index contributed by atoms with van der Waals surface area (Å²) in [5, 5.41) is 5.57. The van der Waals surface area contributed by atoms with Gasteiger partial charge >= 0.3 is 11.8 Å². The van der Waals surface area contributed by atoms with Crippen LogP contribution in [0.2, 0.25) is 0 Å². The lowest BCUT2D eigenvalue weighted by atomic mass is 9.95. The molecule has 1 saturated heterocycles. The maximum Gasteiger partial charge on any atom is 0.313 e. The van der Waals surface area contributed by atoms with E-state index in [1.807, 2.05) is 6.92 Å². The number of benzene rings is 2. The standard InChI is InChI=1S/C27H36N4O3/c1-3-34-23-12-10-22(11-13-23)29-27(33)26(32)28-19-25(31-16-5-4-6-17-31)21-9-14-24-20(18-21)8-7-15-30(24)2/h9-14,18,25H,3-8,15-17,19H2,1-2H3,(H,28,32)(H,29,33). The Kier molecular flexibility index (Phi) is 8.06. The molecule has 2 aromatic carbocycles. The maximum atomic E-state index is 12.6. The Morgan fingerprint density at radius 1 is 0.971 bits per heavy atom. The predicted octanol–water partition coefficient (Wildman–Crippen LogP) is 3.75. The zero-order valence-corrected chi connectivity index (χ0v) is 20.3. The van der Waals surface area contributed by atoms with Crippen molar-refractivity contribution < 1.29 is 14.3 Å². The van der Waals surface area contributed by atoms with Gasteiger partial charge in [0.1, 0.15) is 5.75 Å². The highest BCUT2D eigenvalue weighted by Gasteiger charge is 2.26. The van der Waals surface area contributed by atoms with Gasteiger partial charge in [-0.05, 0) is 87.2 Å². The number of piperidine rings is 1. The van der Waals surface area contributed by atoms with E-state index in [0.717, 1.165) is 51.1 Å². The molecule has 1 atom stereocenters. The number of carbonyl (C=O) groups is 2. The molecule has 0 aliphatic carbocycles. The van der Waals surface area contributed by atoms with Crippen LogP contribution < -0.4 is 20.3 Å². The third kappa shape index (κ3) is 5.89. The summed E-state index contributed by atoms with van der Waals surface area (Å²) >= 11 is 0. The van der Waals surface area contributed by atoms with Crippen molar-refractivity contribution >= 4 is 23.2 Å². The van der Waals surface area contributed by atoms with Gasteiger partial charge in [-0.3, -0.25) is 14.5 Å². The number of hydrogen-bond donors (Lipinski definition) is 2. The summed E-state index contributed by atoms with van der Waals surface area (Å²) in [5.74, 6) is -0.548. The quantitative estimate of drug-likeness (QED) is 0.611. The van der Waals surface area contributed by atoms with Crippen molar-refractivity contribution in [2.75, 3.05) is 50.1 Å². The maximum absolute atomic E-state index is 12.6. The molecule has 0 aromatic heterocycles. The van der Waals surface area contributed by atoms with Crippen LogP contribution in [0.15, 0.2) is 42.5 Å². The van der Waals surface area contributed by atoms with Crippen molar-refractivity contribution in [3.05, 3.63) is 53.6 Å². The molecular formula is C27H36N4O3. The second-order valence-corrected chi connectivity index (χ2v) is 9.15. The lowest BCUT2D eigenvalue weighted by molar-refractivity contribution is -0.136. The second kappa shape index (κ2) is 11.4. The Hall–Kier alpha value is -3.06. The fraction of sp³-hybridized carbons (Fsp3) is 0.481. The van der Waals surface area contributed by atoms with Crippen LogP contribution in [-0.2, 0) is 16.0 Å². The van der Waals surface area contributed by atoms with Crippen LogP contribution in [0, 0.1) is 0 Å². The lowest BCUT2D eigenvalue weighted by Gasteiger charge is -2.36. The first-order chi connectivity index (χ1) is 16.5. The van der Waals surface area contributed by atoms with Crippen molar-refractivity contribution in [3.8, 4) is 5.75 Å². The number of fused-ring (bicyclic) bond motifs is 1. The van der Waals surface area contributed by atoms with Gasteiger partial charge in [-0.25, -0.2) is 0 Å². The lowest BCUT2D eigenvalue weighted by Crippen LogP contribution is -2.43. The molecule has 7 heteroatoms. The van der Waals surface area contributed by atoms with E-state index in [1.165, 1.54) is 23.2 Å². The van der Waals surface area contributed by atoms with Gasteiger partial charge in [0.25, 0.3) is 0 Å². The number of amides is 2. The number of likely N-dealkylation sites (tertiary alicyclic amines) is 1. The van der Waals surface area contributed by atoms with E-state index >= 15 is 0 Å². The van der Waals surface area contributed by atoms with E-state index < -0.39 is 11.8 Å². The van der Waals surface area contributed by atoms with Gasteiger partial charge in [-0.1, -0.05) is 18.6 Å². The largest absolute Gasteiger partial charge is 0.494 e. The average Bonchev–Trinajstić information content (AvgIpc) is 2.86. The summed E-state index contributed by atoms with van der Waals surface area (Å²) in [5.41, 5.74) is 4.44. The SMILES string of the molecule is CCOc1ccc(NC(=O)C(=O)NCC(c2ccc3c(c2)CCCN3C)N2CCCCC2)cc1. The van der Waals surface area contributed by atoms with Crippen molar-refractivity contribution in [2.45, 2.75) is 45.1 Å². The first-order valence-corrected chi connectivity index (χ1v) is 12.4. The number of ether oxygens (including phenoxy) is 1. The second-order valence-electron chi connectivity index (χ2n) is 9.15. The minimum absolute atomic E-state index is 0.0556. The van der Waals surface area contributed by atoms with Crippen molar-refractivity contribution in [2.24, 2.45) is 0 Å². The zero-order chi connectivity index (χ0) is 23.9. The monoisotopic (exact) mass is 464 g/mol. The number of carbonyl (C=O) groups excluding carboxylic acids is 2. The van der Waals surface area contributed by atoms with E-state index in [4.69, 9.17) is 4.74 Å². The number of nitrogens with zero attached hydrogens (tertiary/aromatic N) is 2.